The van der Waals surface area contributed by atoms with Crippen LogP contribution in [0.5, 0.6) is 0 Å². The molecule has 6 N–H and O–H groups in total. The van der Waals surface area contributed by atoms with E-state index in [-0.39, 0.29) is 30.5 Å². The summed E-state index contributed by atoms with van der Waals surface area (Å²) in [5, 5.41) is 32.6. The Morgan fingerprint density at radius 2 is 1.87 bits per heavy atom. The van der Waals surface area contributed by atoms with Crippen LogP contribution in [0.4, 0.5) is 4.39 Å². The maximum Gasteiger partial charge on any atom is 0.0971 e. The van der Waals surface area contributed by atoms with Gasteiger partial charge in [0.05, 0.1) is 11.9 Å². The molecule has 0 amide bonds. The van der Waals surface area contributed by atoms with E-state index >= 15 is 0 Å². The van der Waals surface area contributed by atoms with Crippen LogP contribution in [0, 0.1) is 5.92 Å². The summed E-state index contributed by atoms with van der Waals surface area (Å²) in [7, 11) is 0. The predicted octanol–water partition coefficient (Wildman–Crippen LogP) is 3.28. The summed E-state index contributed by atoms with van der Waals surface area (Å²) >= 11 is 0. The largest absolute Gasteiger partial charge is 0.396 e. The van der Waals surface area contributed by atoms with Crippen molar-refractivity contribution >= 4 is 0 Å². The maximum atomic E-state index is 13.3. The van der Waals surface area contributed by atoms with Gasteiger partial charge < -0.3 is 26.4 Å². The number of halogens is 1. The molecule has 1 rings (SSSR count). The minimum atomic E-state index is -0.748. The molecule has 0 saturated heterocycles. The van der Waals surface area contributed by atoms with Crippen molar-refractivity contribution in [1.82, 2.24) is 5.32 Å². The lowest BCUT2D eigenvalue weighted by atomic mass is 9.97. The monoisotopic (exact) mass is 424 g/mol. The van der Waals surface area contributed by atoms with Crippen LogP contribution in [0.3, 0.4) is 0 Å². The minimum Gasteiger partial charge on any atom is -0.396 e. The molecule has 3 atom stereocenters. The molecule has 0 aromatic carbocycles. The highest BCUT2D eigenvalue weighted by molar-refractivity contribution is 5.37. The molecule has 172 valence electrons. The Kier molecular flexibility index (Phi) is 12.4. The first kappa shape index (κ1) is 26.7. The zero-order chi connectivity index (χ0) is 22.6. The highest BCUT2D eigenvalue weighted by Gasteiger charge is 2.44. The van der Waals surface area contributed by atoms with Crippen molar-refractivity contribution in [2.75, 3.05) is 19.8 Å². The third-order valence-electron chi connectivity index (χ3n) is 5.47. The van der Waals surface area contributed by atoms with Gasteiger partial charge >= 0.3 is 0 Å². The van der Waals surface area contributed by atoms with Gasteiger partial charge in [-0.2, -0.15) is 0 Å². The molecule has 6 heteroatoms. The molecule has 1 aliphatic carbocycles. The van der Waals surface area contributed by atoms with Gasteiger partial charge in [0.25, 0.3) is 0 Å². The fraction of sp³-hybridized carbons (Fsp3) is 0.667. The Morgan fingerprint density at radius 1 is 1.20 bits per heavy atom. The van der Waals surface area contributed by atoms with Crippen molar-refractivity contribution in [3.63, 3.8) is 0 Å². The molecule has 1 saturated carbocycles. The van der Waals surface area contributed by atoms with Gasteiger partial charge in [-0.05, 0) is 62.7 Å². The van der Waals surface area contributed by atoms with Crippen LogP contribution in [-0.4, -0.2) is 52.8 Å². The molecular weight excluding hydrogens is 383 g/mol. The first-order valence-electron chi connectivity index (χ1n) is 11.1. The molecular formula is C24H41FN2O3. The van der Waals surface area contributed by atoms with Crippen molar-refractivity contribution in [3.05, 3.63) is 47.4 Å². The third-order valence-corrected chi connectivity index (χ3v) is 5.47. The Labute approximate surface area is 181 Å². The van der Waals surface area contributed by atoms with E-state index in [0.29, 0.717) is 19.4 Å². The van der Waals surface area contributed by atoms with Gasteiger partial charge in [-0.3, -0.25) is 0 Å². The van der Waals surface area contributed by atoms with Crippen LogP contribution in [0.1, 0.15) is 59.3 Å². The summed E-state index contributed by atoms with van der Waals surface area (Å²) in [6.45, 7) is 5.87. The van der Waals surface area contributed by atoms with E-state index in [1.54, 1.807) is 0 Å². The fourth-order valence-corrected chi connectivity index (χ4v) is 3.57. The average Bonchev–Trinajstić information content (AvgIpc) is 3.48. The van der Waals surface area contributed by atoms with E-state index in [2.05, 4.69) is 18.3 Å². The molecule has 0 heterocycles. The van der Waals surface area contributed by atoms with Gasteiger partial charge in [0, 0.05) is 37.3 Å². The first-order chi connectivity index (χ1) is 14.3. The van der Waals surface area contributed by atoms with Crippen molar-refractivity contribution in [1.29, 1.82) is 0 Å². The summed E-state index contributed by atoms with van der Waals surface area (Å²) in [4.78, 5) is 0. The summed E-state index contributed by atoms with van der Waals surface area (Å²) in [6.07, 6.45) is 13.4. The fourth-order valence-electron chi connectivity index (χ4n) is 3.57. The standard InChI is InChI=1S/C24H41FN2O3/c1-4-6-20(14-18(3)25)15-22(26)23(30)16-27-24(11-12-24)21(7-5-2)9-8-19(17-29)10-13-28/h6-9,14,19,22-23,27-30H,4-5,10-13,15-17,26H2,1-3H3/b9-8+,18-14+,20-6+,21-7+. The number of hydrogen-bond acceptors (Lipinski definition) is 5. The van der Waals surface area contributed by atoms with E-state index in [9.17, 15) is 14.6 Å². The molecule has 0 bridgehead atoms. The third kappa shape index (κ3) is 9.23. The van der Waals surface area contributed by atoms with Crippen LogP contribution in [0.2, 0.25) is 0 Å². The molecule has 1 aliphatic rings. The number of nitrogens with one attached hydrogen (secondary N) is 1. The number of rotatable bonds is 15. The van der Waals surface area contributed by atoms with E-state index in [4.69, 9.17) is 10.8 Å². The lowest BCUT2D eigenvalue weighted by Gasteiger charge is -2.25. The molecule has 5 nitrogen and oxygen atoms in total. The van der Waals surface area contributed by atoms with Crippen molar-refractivity contribution in [3.8, 4) is 0 Å². The van der Waals surface area contributed by atoms with E-state index in [0.717, 1.165) is 36.8 Å². The predicted molar refractivity (Wildman–Crippen MR) is 122 cm³/mol. The van der Waals surface area contributed by atoms with Crippen LogP contribution in [0.15, 0.2) is 47.4 Å². The zero-order valence-electron chi connectivity index (χ0n) is 18.8. The van der Waals surface area contributed by atoms with Crippen molar-refractivity contribution in [2.24, 2.45) is 11.7 Å². The molecule has 0 aliphatic heterocycles. The number of nitrogens with two attached hydrogens (primary N) is 1. The summed E-state index contributed by atoms with van der Waals surface area (Å²) < 4.78 is 13.3. The number of aliphatic hydroxyl groups is 3. The lowest BCUT2D eigenvalue weighted by molar-refractivity contribution is 0.138. The van der Waals surface area contributed by atoms with Crippen LogP contribution < -0.4 is 11.1 Å². The molecule has 3 unspecified atom stereocenters. The summed E-state index contributed by atoms with van der Waals surface area (Å²) in [5.41, 5.74) is 7.97. The highest BCUT2D eigenvalue weighted by Crippen LogP contribution is 2.43. The highest BCUT2D eigenvalue weighted by atomic mass is 19.1. The first-order valence-corrected chi connectivity index (χ1v) is 11.1. The molecule has 0 radical (unpaired) electrons. The SMILES string of the molecule is CC/C=C(\C=C(/C)F)CC(N)C(O)CNC1(C(/C=C/C(CO)CCO)=C/CC)CC1. The Balaban J connectivity index is 2.73. The smallest absolute Gasteiger partial charge is 0.0971 e. The second kappa shape index (κ2) is 13.9. The second-order valence-electron chi connectivity index (χ2n) is 8.20. The van der Waals surface area contributed by atoms with E-state index in [1.807, 2.05) is 25.2 Å². The topological polar surface area (TPSA) is 98.7 Å². The van der Waals surface area contributed by atoms with Gasteiger partial charge in [-0.15, -0.1) is 0 Å². The Bertz CT molecular complexity index is 620. The van der Waals surface area contributed by atoms with Crippen LogP contribution in [0.25, 0.3) is 0 Å². The molecule has 0 spiro atoms. The summed E-state index contributed by atoms with van der Waals surface area (Å²) in [6, 6.07) is -0.487. The van der Waals surface area contributed by atoms with Gasteiger partial charge in [0.1, 0.15) is 0 Å². The number of hydrogen-bond donors (Lipinski definition) is 5. The van der Waals surface area contributed by atoms with E-state index in [1.165, 1.54) is 13.0 Å². The van der Waals surface area contributed by atoms with Crippen LogP contribution in [-0.2, 0) is 0 Å². The minimum absolute atomic E-state index is 0.00483. The van der Waals surface area contributed by atoms with Crippen molar-refractivity contribution < 1.29 is 19.7 Å². The van der Waals surface area contributed by atoms with Crippen LogP contribution >= 0.6 is 0 Å². The lowest BCUT2D eigenvalue weighted by Crippen LogP contribution is -2.46. The quantitative estimate of drug-likeness (QED) is 0.260. The summed E-state index contributed by atoms with van der Waals surface area (Å²) in [5.74, 6) is -0.337. The Morgan fingerprint density at radius 3 is 2.37 bits per heavy atom. The van der Waals surface area contributed by atoms with Gasteiger partial charge in [0.2, 0.25) is 0 Å². The number of aliphatic hydroxyl groups excluding tert-OH is 3. The normalized spacial score (nSPS) is 20.5. The molecule has 30 heavy (non-hydrogen) atoms. The van der Waals surface area contributed by atoms with Gasteiger partial charge in [-0.1, -0.05) is 38.2 Å². The molecule has 1 fully saturated rings. The maximum absolute atomic E-state index is 13.3. The van der Waals surface area contributed by atoms with Crippen molar-refractivity contribution in [2.45, 2.75) is 77.0 Å². The van der Waals surface area contributed by atoms with Gasteiger partial charge in [0.15, 0.2) is 0 Å². The number of β-amino-alcohol motifs (C(OH)–C–C–N with tert-alkyl or cyclic N) is 1. The Hall–Kier alpha value is -1.31. The van der Waals surface area contributed by atoms with E-state index < -0.39 is 12.1 Å². The zero-order valence-corrected chi connectivity index (χ0v) is 18.8. The van der Waals surface area contributed by atoms with Gasteiger partial charge in [-0.25, -0.2) is 4.39 Å². The number of allylic oxidation sites excluding steroid dienone is 4. The second-order valence-corrected chi connectivity index (χ2v) is 8.20. The molecule has 0 aromatic rings. The average molecular weight is 425 g/mol. The molecule has 0 aromatic heterocycles.